The Morgan fingerprint density at radius 1 is 0.950 bits per heavy atom. The number of hydrogen-bond acceptors (Lipinski definition) is 0. The van der Waals surface area contributed by atoms with Crippen LogP contribution in [-0.4, -0.2) is 24.1 Å². The van der Waals surface area contributed by atoms with Crippen molar-refractivity contribution in [3.8, 4) is 0 Å². The molecule has 112 valence electrons. The molecule has 1 aromatic carbocycles. The van der Waals surface area contributed by atoms with E-state index in [1.807, 2.05) is 0 Å². The van der Waals surface area contributed by atoms with Crippen molar-refractivity contribution in [3.05, 3.63) is 35.9 Å². The molecule has 0 saturated carbocycles. The minimum Gasteiger partial charge on any atom is -0.320 e. The maximum atomic E-state index is 2.37. The molecule has 1 aliphatic rings. The van der Waals surface area contributed by atoms with Crippen molar-refractivity contribution in [1.29, 1.82) is 0 Å². The molecule has 1 heteroatoms. The Bertz CT molecular complexity index is 382. The van der Waals surface area contributed by atoms with Gasteiger partial charge >= 0.3 is 0 Å². The Kier molecular flexibility index (Phi) is 5.26. The lowest BCUT2D eigenvalue weighted by atomic mass is 9.90. The molecule has 0 spiro atoms. The second kappa shape index (κ2) is 6.76. The van der Waals surface area contributed by atoms with Gasteiger partial charge in [0.25, 0.3) is 0 Å². The standard InChI is InChI=1S/C19H32N/c1-19(2,3)13-10-16-20(14-8-5-9-15-20)17-18-11-6-4-7-12-18/h4,6-7,11-12H,5,8-10,13-17H2,1-3H3/q+1. The Morgan fingerprint density at radius 3 is 2.20 bits per heavy atom. The van der Waals surface area contributed by atoms with Crippen LogP contribution in [0.2, 0.25) is 0 Å². The zero-order valence-electron chi connectivity index (χ0n) is 13.7. The fourth-order valence-corrected chi connectivity index (χ4v) is 3.56. The number of nitrogens with zero attached hydrogens (tertiary/aromatic N) is 1. The van der Waals surface area contributed by atoms with Crippen molar-refractivity contribution in [2.24, 2.45) is 5.41 Å². The van der Waals surface area contributed by atoms with Crippen molar-refractivity contribution < 1.29 is 4.48 Å². The van der Waals surface area contributed by atoms with E-state index in [4.69, 9.17) is 0 Å². The molecule has 0 bridgehead atoms. The van der Waals surface area contributed by atoms with Crippen LogP contribution in [0.5, 0.6) is 0 Å². The van der Waals surface area contributed by atoms with Crippen LogP contribution >= 0.6 is 0 Å². The van der Waals surface area contributed by atoms with E-state index in [-0.39, 0.29) is 0 Å². The molecule has 2 rings (SSSR count). The van der Waals surface area contributed by atoms with Gasteiger partial charge in [-0.2, -0.15) is 0 Å². The van der Waals surface area contributed by atoms with Crippen molar-refractivity contribution in [3.63, 3.8) is 0 Å². The van der Waals surface area contributed by atoms with E-state index in [2.05, 4.69) is 51.1 Å². The molecule has 0 unspecified atom stereocenters. The second-order valence-electron chi connectivity index (χ2n) is 7.88. The number of benzene rings is 1. The van der Waals surface area contributed by atoms with Crippen LogP contribution in [0, 0.1) is 5.41 Å². The van der Waals surface area contributed by atoms with Crippen LogP contribution in [0.3, 0.4) is 0 Å². The van der Waals surface area contributed by atoms with Gasteiger partial charge in [-0.3, -0.25) is 0 Å². The van der Waals surface area contributed by atoms with Gasteiger partial charge in [-0.15, -0.1) is 0 Å². The molecule has 0 radical (unpaired) electrons. The smallest absolute Gasteiger partial charge is 0.104 e. The summed E-state index contributed by atoms with van der Waals surface area (Å²) in [4.78, 5) is 0. The number of rotatable bonds is 5. The highest BCUT2D eigenvalue weighted by Gasteiger charge is 2.30. The molecule has 1 aromatic rings. The molecule has 1 heterocycles. The summed E-state index contributed by atoms with van der Waals surface area (Å²) in [5, 5.41) is 0. The Morgan fingerprint density at radius 2 is 1.60 bits per heavy atom. The predicted molar refractivity (Wildman–Crippen MR) is 87.5 cm³/mol. The maximum absolute atomic E-state index is 2.37. The summed E-state index contributed by atoms with van der Waals surface area (Å²) >= 11 is 0. The predicted octanol–water partition coefficient (Wildman–Crippen LogP) is 5.01. The fraction of sp³-hybridized carbons (Fsp3) is 0.684. The van der Waals surface area contributed by atoms with Gasteiger partial charge in [-0.1, -0.05) is 51.1 Å². The van der Waals surface area contributed by atoms with Crippen molar-refractivity contribution in [1.82, 2.24) is 0 Å². The first-order valence-corrected chi connectivity index (χ1v) is 8.38. The fourth-order valence-electron chi connectivity index (χ4n) is 3.56. The number of hydrogen-bond donors (Lipinski definition) is 0. The molecule has 0 N–H and O–H groups in total. The molecular weight excluding hydrogens is 242 g/mol. The summed E-state index contributed by atoms with van der Waals surface area (Å²) in [6.45, 7) is 12.5. The Balaban J connectivity index is 1.98. The Labute approximate surface area is 125 Å². The second-order valence-corrected chi connectivity index (χ2v) is 7.88. The summed E-state index contributed by atoms with van der Waals surface area (Å²) in [6, 6.07) is 11.1. The lowest BCUT2D eigenvalue weighted by Crippen LogP contribution is -2.51. The average molecular weight is 274 g/mol. The highest BCUT2D eigenvalue weighted by molar-refractivity contribution is 5.13. The molecule has 1 aliphatic heterocycles. The van der Waals surface area contributed by atoms with Gasteiger partial charge in [-0.25, -0.2) is 0 Å². The first-order valence-electron chi connectivity index (χ1n) is 8.38. The van der Waals surface area contributed by atoms with Gasteiger partial charge in [-0.05, 0) is 37.5 Å². The molecule has 1 nitrogen and oxygen atoms in total. The van der Waals surface area contributed by atoms with Crippen LogP contribution in [-0.2, 0) is 6.54 Å². The van der Waals surface area contributed by atoms with E-state index in [1.54, 1.807) is 0 Å². The summed E-state index contributed by atoms with van der Waals surface area (Å²) < 4.78 is 1.33. The van der Waals surface area contributed by atoms with E-state index in [9.17, 15) is 0 Å². The maximum Gasteiger partial charge on any atom is 0.104 e. The minimum atomic E-state index is 0.479. The highest BCUT2D eigenvalue weighted by Crippen LogP contribution is 2.27. The molecule has 0 aliphatic carbocycles. The molecule has 20 heavy (non-hydrogen) atoms. The van der Waals surface area contributed by atoms with E-state index >= 15 is 0 Å². The van der Waals surface area contributed by atoms with Crippen LogP contribution in [0.4, 0.5) is 0 Å². The van der Waals surface area contributed by atoms with Gasteiger partial charge in [0.15, 0.2) is 0 Å². The third-order valence-corrected chi connectivity index (χ3v) is 4.68. The van der Waals surface area contributed by atoms with Gasteiger partial charge in [0.2, 0.25) is 0 Å². The van der Waals surface area contributed by atoms with Crippen molar-refractivity contribution >= 4 is 0 Å². The van der Waals surface area contributed by atoms with Crippen LogP contribution < -0.4 is 0 Å². The first-order chi connectivity index (χ1) is 9.49. The summed E-state index contributed by atoms with van der Waals surface area (Å²) in [5.74, 6) is 0. The van der Waals surface area contributed by atoms with Crippen LogP contribution in [0.1, 0.15) is 58.4 Å². The minimum absolute atomic E-state index is 0.479. The van der Waals surface area contributed by atoms with Crippen LogP contribution in [0.15, 0.2) is 30.3 Å². The summed E-state index contributed by atoms with van der Waals surface area (Å²) in [5.41, 5.74) is 2.00. The molecule has 0 aromatic heterocycles. The summed E-state index contributed by atoms with van der Waals surface area (Å²) in [7, 11) is 0. The van der Waals surface area contributed by atoms with E-state index in [1.165, 1.54) is 68.3 Å². The number of likely N-dealkylation sites (tertiary alicyclic amines) is 1. The quantitative estimate of drug-likeness (QED) is 0.662. The SMILES string of the molecule is CC(C)(C)CCC[N+]1(Cc2ccccc2)CCCCC1. The molecule has 0 amide bonds. The van der Waals surface area contributed by atoms with E-state index in [0.29, 0.717) is 5.41 Å². The van der Waals surface area contributed by atoms with E-state index in [0.717, 1.165) is 0 Å². The lowest BCUT2D eigenvalue weighted by molar-refractivity contribution is -0.945. The topological polar surface area (TPSA) is 0 Å². The van der Waals surface area contributed by atoms with Crippen LogP contribution in [0.25, 0.3) is 0 Å². The number of piperidine rings is 1. The lowest BCUT2D eigenvalue weighted by Gasteiger charge is -2.42. The Hall–Kier alpha value is -0.820. The summed E-state index contributed by atoms with van der Waals surface area (Å²) in [6.07, 6.45) is 7.00. The molecule has 1 saturated heterocycles. The third kappa shape index (κ3) is 4.94. The van der Waals surface area contributed by atoms with E-state index < -0.39 is 0 Å². The third-order valence-electron chi connectivity index (χ3n) is 4.68. The molecular formula is C19H32N+. The molecule has 0 atom stereocenters. The zero-order chi connectivity index (χ0) is 14.5. The van der Waals surface area contributed by atoms with Gasteiger partial charge in [0.1, 0.15) is 6.54 Å². The first kappa shape index (κ1) is 15.6. The van der Waals surface area contributed by atoms with Crippen molar-refractivity contribution in [2.75, 3.05) is 19.6 Å². The highest BCUT2D eigenvalue weighted by atomic mass is 15.4. The van der Waals surface area contributed by atoms with Gasteiger partial charge in [0, 0.05) is 5.56 Å². The van der Waals surface area contributed by atoms with Gasteiger partial charge in [0.05, 0.1) is 19.6 Å². The normalized spacial score (nSPS) is 18.9. The van der Waals surface area contributed by atoms with Gasteiger partial charge < -0.3 is 4.48 Å². The zero-order valence-corrected chi connectivity index (χ0v) is 13.7. The van der Waals surface area contributed by atoms with Crippen molar-refractivity contribution in [2.45, 2.75) is 59.4 Å². The largest absolute Gasteiger partial charge is 0.320 e. The average Bonchev–Trinajstić information content (AvgIpc) is 2.39. The number of quaternary nitrogens is 1. The molecule has 1 fully saturated rings. The monoisotopic (exact) mass is 274 g/mol.